The van der Waals surface area contributed by atoms with Crippen LogP contribution in [-0.4, -0.2) is 31.2 Å². The first kappa shape index (κ1) is 24.3. The molecule has 1 aliphatic rings. The zero-order valence-corrected chi connectivity index (χ0v) is 20.3. The molecular weight excluding hydrogens is 472 g/mol. The summed E-state index contributed by atoms with van der Waals surface area (Å²) in [5.41, 5.74) is 1.83. The van der Waals surface area contributed by atoms with Crippen molar-refractivity contribution in [3.63, 3.8) is 0 Å². The predicted molar refractivity (Wildman–Crippen MR) is 132 cm³/mol. The Labute approximate surface area is 205 Å². The summed E-state index contributed by atoms with van der Waals surface area (Å²) in [5.74, 6) is 0.421. The molecule has 178 valence electrons. The van der Waals surface area contributed by atoms with Crippen molar-refractivity contribution in [2.24, 2.45) is 0 Å². The largest absolute Gasteiger partial charge is 0.489 e. The second kappa shape index (κ2) is 11.0. The van der Waals surface area contributed by atoms with E-state index >= 15 is 0 Å². The molecule has 6 nitrogen and oxygen atoms in total. The first-order valence-electron chi connectivity index (χ1n) is 11.2. The molecule has 1 atom stereocenters. The number of hydrogen-bond acceptors (Lipinski definition) is 4. The average Bonchev–Trinajstić information content (AvgIpc) is 3.07. The average molecular weight is 499 g/mol. The van der Waals surface area contributed by atoms with Crippen LogP contribution in [0.15, 0.2) is 83.8 Å². The second-order valence-corrected chi connectivity index (χ2v) is 10.6. The normalized spacial score (nSPS) is 16.6. The molecule has 3 aromatic carbocycles. The Morgan fingerprint density at radius 2 is 1.62 bits per heavy atom. The molecule has 0 bridgehead atoms. The molecule has 3 aromatic rings. The van der Waals surface area contributed by atoms with Crippen LogP contribution >= 0.6 is 11.6 Å². The van der Waals surface area contributed by atoms with Crippen molar-refractivity contribution in [3.05, 3.63) is 95.0 Å². The fraction of sp³-hybridized carbons (Fsp3) is 0.269. The Kier molecular flexibility index (Phi) is 7.88. The smallest absolute Gasteiger partial charge is 0.244 e. The molecule has 8 heteroatoms. The van der Waals surface area contributed by atoms with Crippen LogP contribution < -0.4 is 10.1 Å². The highest BCUT2D eigenvalue weighted by Gasteiger charge is 2.36. The zero-order chi connectivity index (χ0) is 24.0. The minimum absolute atomic E-state index is 0.0714. The lowest BCUT2D eigenvalue weighted by Gasteiger charge is -2.29. The molecule has 1 heterocycles. The maximum absolute atomic E-state index is 13.6. The van der Waals surface area contributed by atoms with Gasteiger partial charge < -0.3 is 10.1 Å². The van der Waals surface area contributed by atoms with Crippen LogP contribution in [0.5, 0.6) is 5.75 Å². The third-order valence-corrected chi connectivity index (χ3v) is 7.91. The first-order chi connectivity index (χ1) is 16.4. The van der Waals surface area contributed by atoms with Gasteiger partial charge in [0.1, 0.15) is 18.4 Å². The molecule has 1 fully saturated rings. The molecule has 0 aliphatic carbocycles. The number of nitrogens with one attached hydrogen (secondary N) is 1. The molecular formula is C26H27ClN2O4S. The summed E-state index contributed by atoms with van der Waals surface area (Å²) in [5, 5.41) is 3.30. The van der Waals surface area contributed by atoms with E-state index in [0.717, 1.165) is 24.0 Å². The zero-order valence-electron chi connectivity index (χ0n) is 18.7. The molecule has 1 aliphatic heterocycles. The van der Waals surface area contributed by atoms with Gasteiger partial charge in [-0.1, -0.05) is 54.1 Å². The molecule has 0 saturated carbocycles. The van der Waals surface area contributed by atoms with Gasteiger partial charge in [0.25, 0.3) is 0 Å². The molecule has 0 radical (unpaired) electrons. The Morgan fingerprint density at radius 3 is 2.32 bits per heavy atom. The Morgan fingerprint density at radius 1 is 0.912 bits per heavy atom. The van der Waals surface area contributed by atoms with Gasteiger partial charge in [0.15, 0.2) is 0 Å². The maximum Gasteiger partial charge on any atom is 0.244 e. The van der Waals surface area contributed by atoms with Gasteiger partial charge in [-0.2, -0.15) is 4.31 Å². The SMILES string of the molecule is O=C1NCCCCC1N(Cc1ccc(OCc2ccccc2)cc1)S(=O)(=O)c1ccc(Cl)cc1. The minimum Gasteiger partial charge on any atom is -0.489 e. The lowest BCUT2D eigenvalue weighted by Crippen LogP contribution is -2.48. The van der Waals surface area contributed by atoms with Crippen molar-refractivity contribution < 1.29 is 17.9 Å². The van der Waals surface area contributed by atoms with Crippen LogP contribution in [0.3, 0.4) is 0 Å². The van der Waals surface area contributed by atoms with Gasteiger partial charge in [0, 0.05) is 18.1 Å². The summed E-state index contributed by atoms with van der Waals surface area (Å²) in [6, 6.07) is 22.4. The van der Waals surface area contributed by atoms with Crippen LogP contribution in [0.4, 0.5) is 0 Å². The van der Waals surface area contributed by atoms with Gasteiger partial charge in [-0.05, 0) is 66.8 Å². The van der Waals surface area contributed by atoms with E-state index in [0.29, 0.717) is 30.3 Å². The molecule has 1 amide bonds. The number of nitrogens with zero attached hydrogens (tertiary/aromatic N) is 1. The minimum atomic E-state index is -3.94. The summed E-state index contributed by atoms with van der Waals surface area (Å²) < 4.78 is 34.4. The molecule has 4 rings (SSSR count). The number of benzene rings is 3. The highest BCUT2D eigenvalue weighted by molar-refractivity contribution is 7.89. The van der Waals surface area contributed by atoms with Gasteiger partial charge in [0.05, 0.1) is 4.90 Å². The summed E-state index contributed by atoms with van der Waals surface area (Å²) in [6.07, 6.45) is 2.06. The molecule has 1 unspecified atom stereocenters. The number of carbonyl (C=O) groups is 1. The summed E-state index contributed by atoms with van der Waals surface area (Å²) >= 11 is 5.96. The van der Waals surface area contributed by atoms with E-state index in [-0.39, 0.29) is 17.3 Å². The third kappa shape index (κ3) is 5.97. The molecule has 1 saturated heterocycles. The van der Waals surface area contributed by atoms with E-state index in [4.69, 9.17) is 16.3 Å². The summed E-state index contributed by atoms with van der Waals surface area (Å²) in [7, 11) is -3.94. The number of rotatable bonds is 8. The quantitative estimate of drug-likeness (QED) is 0.485. The number of carbonyl (C=O) groups excluding carboxylic acids is 1. The van der Waals surface area contributed by atoms with Crippen molar-refractivity contribution in [2.45, 2.75) is 43.4 Å². The summed E-state index contributed by atoms with van der Waals surface area (Å²) in [6.45, 7) is 1.07. The fourth-order valence-electron chi connectivity index (χ4n) is 3.91. The molecule has 0 aromatic heterocycles. The van der Waals surface area contributed by atoms with E-state index < -0.39 is 16.1 Å². The Bertz CT molecular complexity index is 1200. The van der Waals surface area contributed by atoms with Crippen molar-refractivity contribution in [3.8, 4) is 5.75 Å². The van der Waals surface area contributed by atoms with Gasteiger partial charge in [-0.3, -0.25) is 4.79 Å². The van der Waals surface area contributed by atoms with Gasteiger partial charge in [0.2, 0.25) is 15.9 Å². The van der Waals surface area contributed by atoms with Crippen molar-refractivity contribution in [1.82, 2.24) is 9.62 Å². The van der Waals surface area contributed by atoms with Crippen molar-refractivity contribution in [1.29, 1.82) is 0 Å². The lowest BCUT2D eigenvalue weighted by atomic mass is 10.1. The highest BCUT2D eigenvalue weighted by atomic mass is 35.5. The van der Waals surface area contributed by atoms with Gasteiger partial charge in [-0.15, -0.1) is 0 Å². The monoisotopic (exact) mass is 498 g/mol. The van der Waals surface area contributed by atoms with Crippen LogP contribution in [-0.2, 0) is 28.0 Å². The van der Waals surface area contributed by atoms with Gasteiger partial charge >= 0.3 is 0 Å². The fourth-order valence-corrected chi connectivity index (χ4v) is 5.65. The van der Waals surface area contributed by atoms with Crippen LogP contribution in [0.1, 0.15) is 30.4 Å². The second-order valence-electron chi connectivity index (χ2n) is 8.23. The molecule has 34 heavy (non-hydrogen) atoms. The lowest BCUT2D eigenvalue weighted by molar-refractivity contribution is -0.124. The number of hydrogen-bond donors (Lipinski definition) is 1. The molecule has 1 N–H and O–H groups in total. The van der Waals surface area contributed by atoms with Crippen molar-refractivity contribution in [2.75, 3.05) is 6.54 Å². The molecule has 0 spiro atoms. The van der Waals surface area contributed by atoms with E-state index in [2.05, 4.69) is 5.32 Å². The van der Waals surface area contributed by atoms with Crippen LogP contribution in [0, 0.1) is 0 Å². The number of halogens is 1. The Balaban J connectivity index is 1.56. The third-order valence-electron chi connectivity index (χ3n) is 5.78. The van der Waals surface area contributed by atoms with E-state index in [1.54, 1.807) is 12.1 Å². The van der Waals surface area contributed by atoms with Crippen LogP contribution in [0.2, 0.25) is 5.02 Å². The van der Waals surface area contributed by atoms with Gasteiger partial charge in [-0.25, -0.2) is 8.42 Å². The van der Waals surface area contributed by atoms with E-state index in [9.17, 15) is 13.2 Å². The topological polar surface area (TPSA) is 75.7 Å². The van der Waals surface area contributed by atoms with E-state index in [1.165, 1.54) is 16.4 Å². The summed E-state index contributed by atoms with van der Waals surface area (Å²) in [4.78, 5) is 12.9. The number of amides is 1. The predicted octanol–water partition coefficient (Wildman–Crippen LogP) is 4.78. The standard InChI is InChI=1S/C26H27ClN2O4S/c27-22-11-15-24(16-12-22)34(31,32)29(25-8-4-5-17-28-26(25)30)18-20-9-13-23(14-10-20)33-19-21-6-2-1-3-7-21/h1-3,6-7,9-16,25H,4-5,8,17-19H2,(H,28,30). The maximum atomic E-state index is 13.6. The van der Waals surface area contributed by atoms with Crippen LogP contribution in [0.25, 0.3) is 0 Å². The number of ether oxygens (including phenoxy) is 1. The Hall–Kier alpha value is -2.87. The first-order valence-corrected chi connectivity index (χ1v) is 13.1. The van der Waals surface area contributed by atoms with E-state index in [1.807, 2.05) is 54.6 Å². The number of sulfonamides is 1. The highest BCUT2D eigenvalue weighted by Crippen LogP contribution is 2.26. The van der Waals surface area contributed by atoms with Crippen molar-refractivity contribution >= 4 is 27.5 Å².